The van der Waals surface area contributed by atoms with Gasteiger partial charge in [-0.15, -0.1) is 11.6 Å². The first-order valence-corrected chi connectivity index (χ1v) is 8.38. The number of fused-ring (bicyclic) bond motifs is 1. The highest BCUT2D eigenvalue weighted by Gasteiger charge is 2.12. The maximum atomic E-state index is 5.95. The van der Waals surface area contributed by atoms with Crippen molar-refractivity contribution in [3.05, 3.63) is 58.3 Å². The summed E-state index contributed by atoms with van der Waals surface area (Å²) in [5, 5.41) is 0. The lowest BCUT2D eigenvalue weighted by Gasteiger charge is -2.10. The fourth-order valence-electron chi connectivity index (χ4n) is 2.56. The van der Waals surface area contributed by atoms with E-state index in [1.165, 1.54) is 5.56 Å². The normalized spacial score (nSPS) is 11.2. The van der Waals surface area contributed by atoms with Crippen molar-refractivity contribution in [2.24, 2.45) is 0 Å². The summed E-state index contributed by atoms with van der Waals surface area (Å²) in [6.45, 7) is 2.17. The average molecular weight is 364 g/mol. The summed E-state index contributed by atoms with van der Waals surface area (Å²) in [5.74, 6) is 1.57. The second kappa shape index (κ2) is 6.20. The molecule has 0 bridgehead atoms. The summed E-state index contributed by atoms with van der Waals surface area (Å²) in [6.07, 6.45) is 1.78. The SMILES string of the molecule is CCc1cccc(-n2c(CCCl)nc3cc(Br)ccc32)c1. The quantitative estimate of drug-likeness (QED) is 0.587. The molecule has 1 heterocycles. The van der Waals surface area contributed by atoms with E-state index in [0.717, 1.165) is 39.9 Å². The van der Waals surface area contributed by atoms with Crippen LogP contribution in [0.2, 0.25) is 0 Å². The number of rotatable bonds is 4. The molecular formula is C17H16BrClN2. The molecule has 0 atom stereocenters. The first-order valence-electron chi connectivity index (χ1n) is 7.05. The van der Waals surface area contributed by atoms with Crippen molar-refractivity contribution in [1.29, 1.82) is 0 Å². The number of hydrogen-bond donors (Lipinski definition) is 0. The standard InChI is InChI=1S/C17H16BrClN2/c1-2-12-4-3-5-14(10-12)21-16-7-6-13(18)11-15(16)20-17(21)8-9-19/h3-7,10-11H,2,8-9H2,1H3. The molecule has 0 saturated heterocycles. The van der Waals surface area contributed by atoms with Crippen LogP contribution in [0.5, 0.6) is 0 Å². The second-order valence-electron chi connectivity index (χ2n) is 4.96. The van der Waals surface area contributed by atoms with Gasteiger partial charge in [-0.05, 0) is 42.3 Å². The maximum Gasteiger partial charge on any atom is 0.115 e. The second-order valence-corrected chi connectivity index (χ2v) is 6.25. The fraction of sp³-hybridized carbons (Fsp3) is 0.235. The van der Waals surface area contributed by atoms with E-state index in [9.17, 15) is 0 Å². The molecule has 0 fully saturated rings. The van der Waals surface area contributed by atoms with Gasteiger partial charge >= 0.3 is 0 Å². The molecule has 2 nitrogen and oxygen atoms in total. The highest BCUT2D eigenvalue weighted by molar-refractivity contribution is 9.10. The summed E-state index contributed by atoms with van der Waals surface area (Å²) in [6, 6.07) is 14.8. The molecule has 0 amide bonds. The van der Waals surface area contributed by atoms with Crippen molar-refractivity contribution in [2.45, 2.75) is 19.8 Å². The third-order valence-electron chi connectivity index (χ3n) is 3.58. The van der Waals surface area contributed by atoms with Crippen LogP contribution in [0.15, 0.2) is 46.9 Å². The number of hydrogen-bond acceptors (Lipinski definition) is 1. The third-order valence-corrected chi connectivity index (χ3v) is 4.26. The Morgan fingerprint density at radius 2 is 2.05 bits per heavy atom. The van der Waals surface area contributed by atoms with Crippen LogP contribution in [0.3, 0.4) is 0 Å². The molecule has 0 aliphatic heterocycles. The van der Waals surface area contributed by atoms with E-state index < -0.39 is 0 Å². The lowest BCUT2D eigenvalue weighted by atomic mass is 10.1. The van der Waals surface area contributed by atoms with E-state index >= 15 is 0 Å². The monoisotopic (exact) mass is 362 g/mol. The van der Waals surface area contributed by atoms with Gasteiger partial charge in [-0.2, -0.15) is 0 Å². The minimum absolute atomic E-state index is 0.567. The highest BCUT2D eigenvalue weighted by atomic mass is 79.9. The largest absolute Gasteiger partial charge is 0.296 e. The first kappa shape index (κ1) is 14.6. The van der Waals surface area contributed by atoms with Crippen molar-refractivity contribution >= 4 is 38.6 Å². The van der Waals surface area contributed by atoms with Crippen molar-refractivity contribution in [1.82, 2.24) is 9.55 Å². The van der Waals surface area contributed by atoms with Gasteiger partial charge in [0.2, 0.25) is 0 Å². The van der Waals surface area contributed by atoms with Gasteiger partial charge < -0.3 is 0 Å². The third kappa shape index (κ3) is 2.85. The minimum atomic E-state index is 0.567. The van der Waals surface area contributed by atoms with E-state index in [4.69, 9.17) is 16.6 Å². The molecule has 0 saturated carbocycles. The van der Waals surface area contributed by atoms with Crippen LogP contribution in [-0.2, 0) is 12.8 Å². The molecule has 0 N–H and O–H groups in total. The summed E-state index contributed by atoms with van der Waals surface area (Å²) in [4.78, 5) is 4.74. The molecule has 3 rings (SSSR count). The Balaban J connectivity index is 2.25. The molecule has 108 valence electrons. The van der Waals surface area contributed by atoms with Gasteiger partial charge in [0.15, 0.2) is 0 Å². The number of halogens is 2. The number of aromatic nitrogens is 2. The predicted molar refractivity (Wildman–Crippen MR) is 92.6 cm³/mol. The Morgan fingerprint density at radius 3 is 2.81 bits per heavy atom. The molecule has 1 aromatic heterocycles. The molecule has 0 spiro atoms. The van der Waals surface area contributed by atoms with E-state index in [0.29, 0.717) is 5.88 Å². The van der Waals surface area contributed by atoms with Crippen molar-refractivity contribution in [2.75, 3.05) is 5.88 Å². The van der Waals surface area contributed by atoms with Gasteiger partial charge in [-0.3, -0.25) is 4.57 Å². The summed E-state index contributed by atoms with van der Waals surface area (Å²) in [5.41, 5.74) is 4.58. The first-order chi connectivity index (χ1) is 10.2. The zero-order valence-corrected chi connectivity index (χ0v) is 14.2. The van der Waals surface area contributed by atoms with Crippen LogP contribution in [0.4, 0.5) is 0 Å². The highest BCUT2D eigenvalue weighted by Crippen LogP contribution is 2.25. The fourth-order valence-corrected chi connectivity index (χ4v) is 3.08. The van der Waals surface area contributed by atoms with Gasteiger partial charge in [-0.25, -0.2) is 4.98 Å². The van der Waals surface area contributed by atoms with Crippen molar-refractivity contribution in [3.8, 4) is 5.69 Å². The van der Waals surface area contributed by atoms with Crippen molar-refractivity contribution < 1.29 is 0 Å². The molecule has 0 aliphatic rings. The van der Waals surface area contributed by atoms with E-state index in [1.54, 1.807) is 0 Å². The van der Waals surface area contributed by atoms with Crippen LogP contribution in [-0.4, -0.2) is 15.4 Å². The molecule has 4 heteroatoms. The van der Waals surface area contributed by atoms with Crippen LogP contribution in [0, 0.1) is 0 Å². The Hall–Kier alpha value is -1.32. The maximum absolute atomic E-state index is 5.95. The number of aryl methyl sites for hydroxylation is 2. The lowest BCUT2D eigenvalue weighted by Crippen LogP contribution is -2.02. The Bertz CT molecular complexity index is 780. The predicted octanol–water partition coefficient (Wildman–Crippen LogP) is 5.13. The number of benzene rings is 2. The number of imidazole rings is 1. The van der Waals surface area contributed by atoms with E-state index in [-0.39, 0.29) is 0 Å². The lowest BCUT2D eigenvalue weighted by molar-refractivity contribution is 0.910. The molecule has 0 aliphatic carbocycles. The molecular weight excluding hydrogens is 348 g/mol. The Kier molecular flexibility index (Phi) is 4.32. The van der Waals surface area contributed by atoms with Crippen LogP contribution in [0.25, 0.3) is 16.7 Å². The van der Waals surface area contributed by atoms with Crippen LogP contribution >= 0.6 is 27.5 Å². The Labute approximate surface area is 137 Å². The zero-order chi connectivity index (χ0) is 14.8. The molecule has 3 aromatic rings. The van der Waals surface area contributed by atoms with E-state index in [1.807, 2.05) is 6.07 Å². The van der Waals surface area contributed by atoms with Gasteiger partial charge in [0, 0.05) is 22.5 Å². The summed E-state index contributed by atoms with van der Waals surface area (Å²) < 4.78 is 3.25. The molecule has 21 heavy (non-hydrogen) atoms. The molecule has 0 unspecified atom stereocenters. The van der Waals surface area contributed by atoms with Crippen molar-refractivity contribution in [3.63, 3.8) is 0 Å². The Morgan fingerprint density at radius 1 is 1.19 bits per heavy atom. The van der Waals surface area contributed by atoms with Crippen LogP contribution in [0.1, 0.15) is 18.3 Å². The summed E-state index contributed by atoms with van der Waals surface area (Å²) in [7, 11) is 0. The summed E-state index contributed by atoms with van der Waals surface area (Å²) >= 11 is 9.46. The molecule has 0 radical (unpaired) electrons. The zero-order valence-electron chi connectivity index (χ0n) is 11.8. The minimum Gasteiger partial charge on any atom is -0.296 e. The topological polar surface area (TPSA) is 17.8 Å². The molecule has 2 aromatic carbocycles. The smallest absolute Gasteiger partial charge is 0.115 e. The van der Waals surface area contributed by atoms with Gasteiger partial charge in [0.05, 0.1) is 11.0 Å². The number of alkyl halides is 1. The number of nitrogens with zero attached hydrogens (tertiary/aromatic N) is 2. The van der Waals surface area contributed by atoms with Gasteiger partial charge in [0.1, 0.15) is 5.82 Å². The average Bonchev–Trinajstić information content (AvgIpc) is 2.84. The van der Waals surface area contributed by atoms with Gasteiger partial charge in [0.25, 0.3) is 0 Å². The van der Waals surface area contributed by atoms with Crippen LogP contribution < -0.4 is 0 Å². The van der Waals surface area contributed by atoms with Gasteiger partial charge in [-0.1, -0.05) is 35.0 Å². The van der Waals surface area contributed by atoms with E-state index in [2.05, 4.69) is 63.8 Å².